The Hall–Kier alpha value is -4.53. The Morgan fingerprint density at radius 1 is 0.429 bits per heavy atom. The predicted octanol–water partition coefficient (Wildman–Crippen LogP) is 15.0. The van der Waals surface area contributed by atoms with Gasteiger partial charge in [-0.05, 0) is 179 Å². The van der Waals surface area contributed by atoms with E-state index >= 15 is 0 Å². The monoisotopic (exact) mass is 747 g/mol. The summed E-state index contributed by atoms with van der Waals surface area (Å²) in [6, 6.07) is 53.6. The number of hydrogen-bond donors (Lipinski definition) is 0. The molecule has 4 fully saturated rings. The molecule has 280 valence electrons. The summed E-state index contributed by atoms with van der Waals surface area (Å²) in [5.74, 6) is 3.39. The quantitative estimate of drug-likeness (QED) is 0.173. The van der Waals surface area contributed by atoms with E-state index in [2.05, 4.69) is 172 Å². The molecule has 4 bridgehead atoms. The van der Waals surface area contributed by atoms with Gasteiger partial charge in [0.1, 0.15) is 0 Å². The van der Waals surface area contributed by atoms with E-state index in [4.69, 9.17) is 0 Å². The van der Waals surface area contributed by atoms with Crippen LogP contribution in [-0.2, 0) is 16.2 Å². The molecule has 6 aliphatic rings. The topological polar surface area (TPSA) is 3.24 Å². The van der Waals surface area contributed by atoms with Crippen molar-refractivity contribution in [2.24, 2.45) is 23.7 Å². The van der Waals surface area contributed by atoms with Gasteiger partial charge in [0.05, 0.1) is 0 Å². The maximum Gasteiger partial charge on any atom is 0.0464 e. The fraction of sp³-hybridized carbons (Fsp3) is 0.333. The molecule has 0 unspecified atom stereocenters. The van der Waals surface area contributed by atoms with E-state index < -0.39 is 0 Å². The number of hydrogen-bond acceptors (Lipinski definition) is 2. The number of rotatable bonds is 5. The standard InChI is InChI=1S/C54H53NS/c1-52(2)26-27-53(3,4)48-34-45(23-24-46(48)52)55(43-19-14-38(15-20-43)37-10-6-5-7-11-37)44-21-16-39(17-22-44)40-18-25-51-49(33-40)54(47-12-8-9-13-50(47)56-51)41-29-35-28-36(31-41)32-42(54)30-35/h5-25,33-36,41-42H,26-32H2,1-4H3. The first-order valence-electron chi connectivity index (χ1n) is 21.3. The molecule has 0 radical (unpaired) electrons. The molecule has 6 aromatic carbocycles. The fourth-order valence-corrected chi connectivity index (χ4v) is 13.7. The van der Waals surface area contributed by atoms with E-state index in [0.29, 0.717) is 0 Å². The van der Waals surface area contributed by atoms with Gasteiger partial charge in [-0.25, -0.2) is 0 Å². The Kier molecular flexibility index (Phi) is 7.89. The molecule has 1 spiro atoms. The third-order valence-corrected chi connectivity index (χ3v) is 16.3. The van der Waals surface area contributed by atoms with Crippen LogP contribution in [0.15, 0.2) is 149 Å². The van der Waals surface area contributed by atoms with Crippen LogP contribution < -0.4 is 4.90 Å². The molecular formula is C54H53NS. The normalized spacial score (nSPS) is 26.0. The Morgan fingerprint density at radius 3 is 1.61 bits per heavy atom. The van der Waals surface area contributed by atoms with Crippen LogP contribution in [0, 0.1) is 23.7 Å². The average molecular weight is 748 g/mol. The summed E-state index contributed by atoms with van der Waals surface area (Å²) in [6.45, 7) is 9.70. The van der Waals surface area contributed by atoms with Crippen molar-refractivity contribution in [3.63, 3.8) is 0 Å². The first-order chi connectivity index (χ1) is 27.2. The lowest BCUT2D eigenvalue weighted by Crippen LogP contribution is -2.57. The second-order valence-electron chi connectivity index (χ2n) is 19.3. The molecule has 56 heavy (non-hydrogen) atoms. The van der Waals surface area contributed by atoms with Gasteiger partial charge >= 0.3 is 0 Å². The van der Waals surface area contributed by atoms with Gasteiger partial charge in [-0.3, -0.25) is 0 Å². The van der Waals surface area contributed by atoms with E-state index in [-0.39, 0.29) is 16.2 Å². The number of benzene rings is 6. The van der Waals surface area contributed by atoms with Crippen LogP contribution in [0.4, 0.5) is 17.1 Å². The third-order valence-electron chi connectivity index (χ3n) is 15.2. The Morgan fingerprint density at radius 2 is 0.946 bits per heavy atom. The van der Waals surface area contributed by atoms with Crippen molar-refractivity contribution in [1.82, 2.24) is 0 Å². The van der Waals surface area contributed by atoms with Crippen molar-refractivity contribution in [3.8, 4) is 22.3 Å². The van der Waals surface area contributed by atoms with Gasteiger partial charge in [0.15, 0.2) is 0 Å². The first-order valence-corrected chi connectivity index (χ1v) is 22.1. The molecule has 0 amide bonds. The van der Waals surface area contributed by atoms with Crippen molar-refractivity contribution < 1.29 is 0 Å². The van der Waals surface area contributed by atoms with E-state index in [1.54, 1.807) is 11.1 Å². The minimum atomic E-state index is 0.132. The van der Waals surface area contributed by atoms with Gasteiger partial charge in [0.2, 0.25) is 0 Å². The van der Waals surface area contributed by atoms with Crippen LogP contribution in [0.1, 0.15) is 94.9 Å². The van der Waals surface area contributed by atoms with E-state index in [1.165, 1.54) is 105 Å². The van der Waals surface area contributed by atoms with Gasteiger partial charge in [-0.1, -0.05) is 124 Å². The SMILES string of the molecule is CC1(C)CCC(C)(C)c2cc(N(c3ccc(-c4ccccc4)cc3)c3ccc(-c4ccc5c(c4)C4(c6ccccc6S5)C5CC6CC(C5)CC4C6)cc3)ccc21. The smallest absolute Gasteiger partial charge is 0.0464 e. The van der Waals surface area contributed by atoms with Gasteiger partial charge in [0.25, 0.3) is 0 Å². The summed E-state index contributed by atoms with van der Waals surface area (Å²) < 4.78 is 0. The second-order valence-corrected chi connectivity index (χ2v) is 20.4. The molecule has 4 saturated carbocycles. The minimum Gasteiger partial charge on any atom is -0.310 e. The van der Waals surface area contributed by atoms with Crippen LogP contribution >= 0.6 is 11.8 Å². The Balaban J connectivity index is 1.000. The van der Waals surface area contributed by atoms with Crippen LogP contribution in [0.2, 0.25) is 0 Å². The van der Waals surface area contributed by atoms with Crippen LogP contribution in [-0.4, -0.2) is 0 Å². The number of anilines is 3. The maximum atomic E-state index is 2.63. The zero-order valence-electron chi connectivity index (χ0n) is 33.4. The molecule has 6 aromatic rings. The number of nitrogens with zero attached hydrogens (tertiary/aromatic N) is 1. The molecule has 1 nitrogen and oxygen atoms in total. The van der Waals surface area contributed by atoms with Gasteiger partial charge < -0.3 is 4.90 Å². The number of fused-ring (bicyclic) bond motifs is 3. The van der Waals surface area contributed by atoms with Crippen LogP contribution in [0.25, 0.3) is 22.3 Å². The van der Waals surface area contributed by atoms with Crippen molar-refractivity contribution >= 4 is 28.8 Å². The molecular weight excluding hydrogens is 695 g/mol. The second kappa shape index (κ2) is 12.7. The highest BCUT2D eigenvalue weighted by Gasteiger charge is 2.60. The highest BCUT2D eigenvalue weighted by atomic mass is 32.2. The Labute approximate surface area is 338 Å². The summed E-state index contributed by atoms with van der Waals surface area (Å²) in [5, 5.41) is 0. The van der Waals surface area contributed by atoms with Crippen LogP contribution in [0.3, 0.4) is 0 Å². The summed E-state index contributed by atoms with van der Waals surface area (Å²) >= 11 is 2.01. The molecule has 0 aromatic heterocycles. The van der Waals surface area contributed by atoms with Gasteiger partial charge in [0, 0.05) is 32.3 Å². The average Bonchev–Trinajstić information content (AvgIpc) is 3.22. The van der Waals surface area contributed by atoms with E-state index in [9.17, 15) is 0 Å². The molecule has 0 saturated heterocycles. The Bertz CT molecular complexity index is 2430. The lowest BCUT2D eigenvalue weighted by molar-refractivity contribution is -0.0443. The molecule has 0 atom stereocenters. The van der Waals surface area contributed by atoms with Gasteiger partial charge in [-0.15, -0.1) is 0 Å². The molecule has 2 heteroatoms. The lowest BCUT2D eigenvalue weighted by atomic mass is 9.42. The zero-order valence-corrected chi connectivity index (χ0v) is 34.2. The van der Waals surface area contributed by atoms with Crippen LogP contribution in [0.5, 0.6) is 0 Å². The molecule has 1 heterocycles. The van der Waals surface area contributed by atoms with E-state index in [1.807, 2.05) is 11.8 Å². The van der Waals surface area contributed by atoms with Crippen molar-refractivity contribution in [2.45, 2.75) is 98.7 Å². The predicted molar refractivity (Wildman–Crippen MR) is 236 cm³/mol. The summed E-state index contributed by atoms with van der Waals surface area (Å²) in [4.78, 5) is 5.45. The van der Waals surface area contributed by atoms with Crippen molar-refractivity contribution in [1.29, 1.82) is 0 Å². The highest BCUT2D eigenvalue weighted by Crippen LogP contribution is 2.69. The highest BCUT2D eigenvalue weighted by molar-refractivity contribution is 7.99. The zero-order chi connectivity index (χ0) is 37.8. The largest absolute Gasteiger partial charge is 0.310 e. The summed E-state index contributed by atoms with van der Waals surface area (Å²) in [6.07, 6.45) is 9.53. The summed E-state index contributed by atoms with van der Waals surface area (Å²) in [5.41, 5.74) is 15.4. The lowest BCUT2D eigenvalue weighted by Gasteiger charge is -2.63. The van der Waals surface area contributed by atoms with Gasteiger partial charge in [-0.2, -0.15) is 0 Å². The first kappa shape index (κ1) is 34.7. The maximum absolute atomic E-state index is 2.63. The van der Waals surface area contributed by atoms with E-state index in [0.717, 1.165) is 23.7 Å². The molecule has 5 aliphatic carbocycles. The molecule has 0 N–H and O–H groups in total. The van der Waals surface area contributed by atoms with Crippen molar-refractivity contribution in [3.05, 3.63) is 162 Å². The van der Waals surface area contributed by atoms with Crippen molar-refractivity contribution in [2.75, 3.05) is 4.90 Å². The minimum absolute atomic E-state index is 0.132. The molecule has 12 rings (SSSR count). The third kappa shape index (κ3) is 5.34. The molecule has 1 aliphatic heterocycles. The fourth-order valence-electron chi connectivity index (χ4n) is 12.5. The summed E-state index contributed by atoms with van der Waals surface area (Å²) in [7, 11) is 0.